The van der Waals surface area contributed by atoms with Gasteiger partial charge in [-0.1, -0.05) is 31.9 Å². The molecule has 0 aromatic heterocycles. The number of aromatic hydroxyl groups is 2. The molecule has 3 nitrogen and oxygen atoms in total. The second-order valence-electron chi connectivity index (χ2n) is 6.67. The molecule has 0 heterocycles. The Morgan fingerprint density at radius 2 is 1.88 bits per heavy atom. The van der Waals surface area contributed by atoms with Gasteiger partial charge >= 0.3 is 0 Å². The van der Waals surface area contributed by atoms with E-state index in [1.165, 1.54) is 18.4 Å². The number of ether oxygens (including phenoxy) is 1. The minimum Gasteiger partial charge on any atom is -0.507 e. The van der Waals surface area contributed by atoms with Crippen molar-refractivity contribution in [2.45, 2.75) is 64.7 Å². The summed E-state index contributed by atoms with van der Waals surface area (Å²) in [6.45, 7) is 8.05. The number of allylic oxidation sites excluding steroid dienone is 2. The van der Waals surface area contributed by atoms with Gasteiger partial charge in [-0.05, 0) is 62.3 Å². The molecule has 1 unspecified atom stereocenters. The Morgan fingerprint density at radius 1 is 1.24 bits per heavy atom. The molecule has 0 radical (unpaired) electrons. The molecule has 1 aliphatic carbocycles. The third kappa shape index (κ3) is 6.95. The lowest BCUT2D eigenvalue weighted by Gasteiger charge is -2.23. The van der Waals surface area contributed by atoms with Crippen LogP contribution in [0.15, 0.2) is 36.4 Å². The standard InChI is InChI=1S/C19H28O3.C3H6/c1-3-4-5-7-14-11-17(20)19(18(21)12-14)16-9-6-8-15(10-16)13-22-2;1-3-2/h10-12,16,20-21H,3-9,13H2,1-2H3;3H,1H2,2H3. The molecule has 0 spiro atoms. The largest absolute Gasteiger partial charge is 0.507 e. The van der Waals surface area contributed by atoms with Crippen molar-refractivity contribution in [3.8, 4) is 11.5 Å². The maximum atomic E-state index is 10.4. The van der Waals surface area contributed by atoms with E-state index in [-0.39, 0.29) is 17.4 Å². The molecule has 140 valence electrons. The highest BCUT2D eigenvalue weighted by Gasteiger charge is 2.22. The van der Waals surface area contributed by atoms with Gasteiger partial charge in [0, 0.05) is 18.6 Å². The fourth-order valence-corrected chi connectivity index (χ4v) is 3.32. The second-order valence-corrected chi connectivity index (χ2v) is 6.67. The Hall–Kier alpha value is -1.74. The molecule has 0 amide bonds. The minimum absolute atomic E-state index is 0.0867. The first-order valence-electron chi connectivity index (χ1n) is 9.37. The first kappa shape index (κ1) is 21.3. The number of phenolic OH excluding ortho intramolecular Hbond substituents is 2. The van der Waals surface area contributed by atoms with Crippen molar-refractivity contribution in [3.63, 3.8) is 0 Å². The quantitative estimate of drug-likeness (QED) is 0.480. The van der Waals surface area contributed by atoms with Crippen molar-refractivity contribution >= 4 is 0 Å². The molecule has 0 fully saturated rings. The molecule has 25 heavy (non-hydrogen) atoms. The van der Waals surface area contributed by atoms with Gasteiger partial charge in [-0.2, -0.15) is 0 Å². The number of rotatable bonds is 7. The van der Waals surface area contributed by atoms with Crippen molar-refractivity contribution in [2.75, 3.05) is 13.7 Å². The summed E-state index contributed by atoms with van der Waals surface area (Å²) in [6, 6.07) is 3.65. The third-order valence-electron chi connectivity index (χ3n) is 4.42. The van der Waals surface area contributed by atoms with Crippen LogP contribution in [0, 0.1) is 0 Å². The Labute approximate surface area is 153 Å². The number of phenols is 2. The van der Waals surface area contributed by atoms with Crippen LogP contribution in [0.1, 0.15) is 69.4 Å². The zero-order valence-electron chi connectivity index (χ0n) is 16.1. The molecule has 1 atom stereocenters. The molecule has 1 aromatic carbocycles. The first-order valence-corrected chi connectivity index (χ1v) is 9.37. The molecular weight excluding hydrogens is 312 g/mol. The van der Waals surface area contributed by atoms with Crippen LogP contribution >= 0.6 is 0 Å². The maximum Gasteiger partial charge on any atom is 0.123 e. The van der Waals surface area contributed by atoms with E-state index in [1.54, 1.807) is 13.2 Å². The first-order chi connectivity index (χ1) is 12.1. The van der Waals surface area contributed by atoms with Crippen molar-refractivity contribution in [1.82, 2.24) is 0 Å². The summed E-state index contributed by atoms with van der Waals surface area (Å²) in [7, 11) is 1.70. The number of hydrogen-bond acceptors (Lipinski definition) is 3. The summed E-state index contributed by atoms with van der Waals surface area (Å²) in [4.78, 5) is 0. The van der Waals surface area contributed by atoms with Crippen LogP contribution in [0.25, 0.3) is 0 Å². The predicted molar refractivity (Wildman–Crippen MR) is 105 cm³/mol. The summed E-state index contributed by atoms with van der Waals surface area (Å²) in [5.41, 5.74) is 2.95. The molecule has 1 aromatic rings. The van der Waals surface area contributed by atoms with Gasteiger partial charge < -0.3 is 14.9 Å². The molecule has 0 bridgehead atoms. The van der Waals surface area contributed by atoms with E-state index < -0.39 is 0 Å². The highest BCUT2D eigenvalue weighted by atomic mass is 16.5. The summed E-state index contributed by atoms with van der Waals surface area (Å²) in [5, 5.41) is 20.8. The van der Waals surface area contributed by atoms with Crippen molar-refractivity contribution in [3.05, 3.63) is 47.6 Å². The van der Waals surface area contributed by atoms with E-state index in [2.05, 4.69) is 19.6 Å². The molecular formula is C22H34O3. The average molecular weight is 347 g/mol. The van der Waals surface area contributed by atoms with Crippen LogP contribution in [-0.2, 0) is 11.2 Å². The molecule has 1 aliphatic rings. The van der Waals surface area contributed by atoms with E-state index in [1.807, 2.05) is 19.1 Å². The van der Waals surface area contributed by atoms with E-state index in [4.69, 9.17) is 4.74 Å². The fourth-order valence-electron chi connectivity index (χ4n) is 3.32. The predicted octanol–water partition coefficient (Wildman–Crippen LogP) is 5.86. The smallest absolute Gasteiger partial charge is 0.123 e. The Bertz CT molecular complexity index is 537. The van der Waals surface area contributed by atoms with Crippen LogP contribution < -0.4 is 0 Å². The minimum atomic E-state index is 0.0867. The van der Waals surface area contributed by atoms with Crippen molar-refractivity contribution in [1.29, 1.82) is 0 Å². The highest BCUT2D eigenvalue weighted by Crippen LogP contribution is 2.41. The lowest BCUT2D eigenvalue weighted by atomic mass is 9.84. The third-order valence-corrected chi connectivity index (χ3v) is 4.42. The zero-order valence-corrected chi connectivity index (χ0v) is 16.1. The van der Waals surface area contributed by atoms with Gasteiger partial charge in [-0.3, -0.25) is 0 Å². The van der Waals surface area contributed by atoms with Crippen LogP contribution in [0.2, 0.25) is 0 Å². The highest BCUT2D eigenvalue weighted by molar-refractivity contribution is 5.50. The Balaban J connectivity index is 0.000000970. The van der Waals surface area contributed by atoms with Gasteiger partial charge in [0.2, 0.25) is 0 Å². The average Bonchev–Trinajstić information content (AvgIpc) is 2.56. The van der Waals surface area contributed by atoms with E-state index in [9.17, 15) is 10.2 Å². The lowest BCUT2D eigenvalue weighted by Crippen LogP contribution is -2.07. The van der Waals surface area contributed by atoms with Gasteiger partial charge in [0.15, 0.2) is 0 Å². The number of methoxy groups -OCH3 is 1. The fraction of sp³-hybridized carbons (Fsp3) is 0.545. The monoisotopic (exact) mass is 346 g/mol. The zero-order chi connectivity index (χ0) is 18.7. The van der Waals surface area contributed by atoms with Crippen LogP contribution in [0.4, 0.5) is 0 Å². The molecule has 0 saturated heterocycles. The number of benzene rings is 1. The summed E-state index contributed by atoms with van der Waals surface area (Å²) in [5.74, 6) is 0.543. The van der Waals surface area contributed by atoms with Gasteiger partial charge in [0.25, 0.3) is 0 Å². The van der Waals surface area contributed by atoms with E-state index >= 15 is 0 Å². The number of hydrogen-bond donors (Lipinski definition) is 2. The van der Waals surface area contributed by atoms with E-state index in [0.29, 0.717) is 12.2 Å². The Kier molecular flexibility index (Phi) is 10.0. The molecule has 0 aliphatic heterocycles. The normalized spacial score (nSPS) is 16.6. The summed E-state index contributed by atoms with van der Waals surface area (Å²) in [6.07, 6.45) is 11.3. The van der Waals surface area contributed by atoms with Crippen LogP contribution in [-0.4, -0.2) is 23.9 Å². The summed E-state index contributed by atoms with van der Waals surface area (Å²) >= 11 is 0. The summed E-state index contributed by atoms with van der Waals surface area (Å²) < 4.78 is 5.21. The van der Waals surface area contributed by atoms with Crippen LogP contribution in [0.5, 0.6) is 11.5 Å². The van der Waals surface area contributed by atoms with Crippen LogP contribution in [0.3, 0.4) is 0 Å². The Morgan fingerprint density at radius 3 is 2.44 bits per heavy atom. The van der Waals surface area contributed by atoms with Crippen molar-refractivity contribution < 1.29 is 14.9 Å². The number of unbranched alkanes of at least 4 members (excludes halogenated alkanes) is 2. The topological polar surface area (TPSA) is 49.7 Å². The van der Waals surface area contributed by atoms with Gasteiger partial charge in [-0.15, -0.1) is 6.58 Å². The van der Waals surface area contributed by atoms with Gasteiger partial charge in [-0.25, -0.2) is 0 Å². The maximum absolute atomic E-state index is 10.4. The van der Waals surface area contributed by atoms with Gasteiger partial charge in [0.05, 0.1) is 6.61 Å². The van der Waals surface area contributed by atoms with E-state index in [0.717, 1.165) is 37.7 Å². The lowest BCUT2D eigenvalue weighted by molar-refractivity contribution is 0.220. The SMILES string of the molecule is C=CC.CCCCCc1cc(O)c(C2C=C(COC)CCC2)c(O)c1. The molecule has 0 saturated carbocycles. The molecule has 2 N–H and O–H groups in total. The molecule has 2 rings (SSSR count). The second kappa shape index (κ2) is 11.8. The van der Waals surface area contributed by atoms with Crippen molar-refractivity contribution in [2.24, 2.45) is 0 Å². The number of aryl methyl sites for hydroxylation is 1. The molecule has 3 heteroatoms. The van der Waals surface area contributed by atoms with Gasteiger partial charge in [0.1, 0.15) is 11.5 Å².